The van der Waals surface area contributed by atoms with Gasteiger partial charge in [-0.2, -0.15) is 0 Å². The monoisotopic (exact) mass is 286 g/mol. The zero-order valence-electron chi connectivity index (χ0n) is 12.1. The molecular formula is C11H22N4O3Si. The normalized spacial score (nSPS) is 24.2. The van der Waals surface area contributed by atoms with E-state index in [0.717, 1.165) is 0 Å². The average Bonchev–Trinajstić information content (AvgIpc) is 2.60. The van der Waals surface area contributed by atoms with Crippen LogP contribution in [0.25, 0.3) is 10.4 Å². The van der Waals surface area contributed by atoms with Gasteiger partial charge < -0.3 is 14.4 Å². The summed E-state index contributed by atoms with van der Waals surface area (Å²) in [4.78, 5) is 15.0. The minimum absolute atomic E-state index is 0.0323. The second-order valence-corrected chi connectivity index (χ2v) is 11.1. The van der Waals surface area contributed by atoms with E-state index in [9.17, 15) is 4.79 Å². The number of hydrogen-bond donors (Lipinski definition) is 1. The number of likely N-dealkylation sites (tertiary alicyclic amines) is 1. The van der Waals surface area contributed by atoms with E-state index in [2.05, 4.69) is 43.9 Å². The number of carbonyl (C=O) groups is 1. The molecule has 2 atom stereocenters. The second kappa shape index (κ2) is 5.40. The fraction of sp³-hybridized carbons (Fsp3) is 0.909. The van der Waals surface area contributed by atoms with Gasteiger partial charge in [-0.1, -0.05) is 25.9 Å². The molecule has 1 rings (SSSR count). The summed E-state index contributed by atoms with van der Waals surface area (Å²) in [6.07, 6.45) is -1.34. The second-order valence-electron chi connectivity index (χ2n) is 6.38. The Labute approximate surface area is 114 Å². The van der Waals surface area contributed by atoms with Gasteiger partial charge >= 0.3 is 6.09 Å². The largest absolute Gasteiger partial charge is 0.465 e. The maximum absolute atomic E-state index is 11.0. The average molecular weight is 286 g/mol. The van der Waals surface area contributed by atoms with E-state index < -0.39 is 20.5 Å². The minimum Gasteiger partial charge on any atom is -0.465 e. The molecule has 8 heteroatoms. The van der Waals surface area contributed by atoms with Gasteiger partial charge in [-0.05, 0) is 23.7 Å². The zero-order valence-corrected chi connectivity index (χ0v) is 13.1. The number of carboxylic acid groups (broad SMARTS) is 1. The van der Waals surface area contributed by atoms with Gasteiger partial charge in [-0.3, -0.25) is 0 Å². The molecule has 1 fully saturated rings. The van der Waals surface area contributed by atoms with Crippen molar-refractivity contribution < 1.29 is 14.3 Å². The van der Waals surface area contributed by atoms with E-state index in [1.165, 1.54) is 4.90 Å². The van der Waals surface area contributed by atoms with Gasteiger partial charge in [0.2, 0.25) is 0 Å². The molecular weight excluding hydrogens is 264 g/mol. The maximum atomic E-state index is 11.0. The number of nitrogens with zero attached hydrogens (tertiary/aromatic N) is 4. The lowest BCUT2D eigenvalue weighted by molar-refractivity contribution is 0.141. The van der Waals surface area contributed by atoms with Crippen LogP contribution in [0.1, 0.15) is 20.8 Å². The van der Waals surface area contributed by atoms with Gasteiger partial charge in [0.25, 0.3) is 0 Å². The highest BCUT2D eigenvalue weighted by Crippen LogP contribution is 2.38. The topological polar surface area (TPSA) is 98.5 Å². The summed E-state index contributed by atoms with van der Waals surface area (Å²) < 4.78 is 6.18. The van der Waals surface area contributed by atoms with Crippen molar-refractivity contribution in [2.75, 3.05) is 13.1 Å². The molecule has 108 valence electrons. The first-order chi connectivity index (χ1) is 8.58. The van der Waals surface area contributed by atoms with Crippen LogP contribution in [0.5, 0.6) is 0 Å². The Bertz CT molecular complexity index is 401. The Balaban J connectivity index is 2.86. The van der Waals surface area contributed by atoms with Crippen molar-refractivity contribution in [3.05, 3.63) is 10.4 Å². The van der Waals surface area contributed by atoms with Gasteiger partial charge in [0.1, 0.15) is 0 Å². The molecule has 0 radical (unpaired) electrons. The van der Waals surface area contributed by atoms with Crippen LogP contribution >= 0.6 is 0 Å². The van der Waals surface area contributed by atoms with Crippen molar-refractivity contribution in [3.63, 3.8) is 0 Å². The third-order valence-corrected chi connectivity index (χ3v) is 8.46. The number of rotatable bonds is 3. The van der Waals surface area contributed by atoms with E-state index in [1.54, 1.807) is 0 Å². The Morgan fingerprint density at radius 2 is 2.05 bits per heavy atom. The molecule has 1 N–H and O–H groups in total. The number of hydrogen-bond acceptors (Lipinski definition) is 3. The van der Waals surface area contributed by atoms with Crippen LogP contribution in [-0.2, 0) is 4.43 Å². The summed E-state index contributed by atoms with van der Waals surface area (Å²) in [7, 11) is -2.01. The molecule has 0 aliphatic carbocycles. The summed E-state index contributed by atoms with van der Waals surface area (Å²) in [5, 5.41) is 12.7. The third kappa shape index (κ3) is 3.62. The van der Waals surface area contributed by atoms with Crippen molar-refractivity contribution in [3.8, 4) is 0 Å². The first-order valence-electron chi connectivity index (χ1n) is 6.28. The van der Waals surface area contributed by atoms with Crippen LogP contribution in [0.2, 0.25) is 18.1 Å². The first-order valence-corrected chi connectivity index (χ1v) is 9.19. The highest BCUT2D eigenvalue weighted by Gasteiger charge is 2.44. The molecule has 1 saturated heterocycles. The highest BCUT2D eigenvalue weighted by molar-refractivity contribution is 6.74. The molecule has 0 aromatic carbocycles. The van der Waals surface area contributed by atoms with E-state index in [1.807, 2.05) is 0 Å². The van der Waals surface area contributed by atoms with Gasteiger partial charge in [0.15, 0.2) is 8.32 Å². The molecule has 19 heavy (non-hydrogen) atoms. The summed E-state index contributed by atoms with van der Waals surface area (Å²) >= 11 is 0. The Kier molecular flexibility index (Phi) is 4.49. The van der Waals surface area contributed by atoms with Crippen LogP contribution in [0, 0.1) is 0 Å². The summed E-state index contributed by atoms with van der Waals surface area (Å²) in [6, 6.07) is -0.435. The van der Waals surface area contributed by atoms with Crippen LogP contribution in [0.15, 0.2) is 5.11 Å². The molecule has 0 saturated carbocycles. The fourth-order valence-electron chi connectivity index (χ4n) is 1.76. The third-order valence-electron chi connectivity index (χ3n) is 3.96. The van der Waals surface area contributed by atoms with Gasteiger partial charge in [-0.25, -0.2) is 4.79 Å². The van der Waals surface area contributed by atoms with E-state index in [4.69, 9.17) is 15.1 Å². The molecule has 1 heterocycles. The minimum atomic E-state index is -2.01. The lowest BCUT2D eigenvalue weighted by Crippen LogP contribution is -2.46. The quantitative estimate of drug-likeness (QED) is 0.373. The lowest BCUT2D eigenvalue weighted by atomic mass is 10.2. The summed E-state index contributed by atoms with van der Waals surface area (Å²) in [5.41, 5.74) is 8.58. The molecule has 1 amide bonds. The van der Waals surface area contributed by atoms with Gasteiger partial charge in [0.05, 0.1) is 12.1 Å². The van der Waals surface area contributed by atoms with Crippen LogP contribution in [0.4, 0.5) is 4.79 Å². The lowest BCUT2D eigenvalue weighted by Gasteiger charge is -2.39. The molecule has 0 bridgehead atoms. The van der Waals surface area contributed by atoms with E-state index in [-0.39, 0.29) is 24.2 Å². The standard InChI is InChI=1S/C11H22N4O3Si/c1-11(2,3)19(4,5)18-9-7-15(10(16)17)6-8(9)13-14-12/h8-9H,6-7H2,1-5H3,(H,16,17)/t8-,9+/m1/s1. The highest BCUT2D eigenvalue weighted by atomic mass is 28.4. The van der Waals surface area contributed by atoms with Gasteiger partial charge in [-0.15, -0.1) is 0 Å². The Morgan fingerprint density at radius 1 is 1.47 bits per heavy atom. The van der Waals surface area contributed by atoms with Crippen LogP contribution in [-0.4, -0.2) is 49.7 Å². The Hall–Kier alpha value is -1.24. The Morgan fingerprint density at radius 3 is 2.47 bits per heavy atom. The number of azide groups is 1. The molecule has 0 unspecified atom stereocenters. The fourth-order valence-corrected chi connectivity index (χ4v) is 3.10. The van der Waals surface area contributed by atoms with Crippen LogP contribution in [0.3, 0.4) is 0 Å². The van der Waals surface area contributed by atoms with E-state index >= 15 is 0 Å². The molecule has 1 aliphatic heterocycles. The maximum Gasteiger partial charge on any atom is 0.407 e. The number of amides is 1. The molecule has 7 nitrogen and oxygen atoms in total. The van der Waals surface area contributed by atoms with Crippen molar-refractivity contribution >= 4 is 14.4 Å². The zero-order chi connectivity index (χ0) is 14.8. The molecule has 1 aliphatic rings. The van der Waals surface area contributed by atoms with Gasteiger partial charge in [0, 0.05) is 18.0 Å². The van der Waals surface area contributed by atoms with Crippen molar-refractivity contribution in [1.82, 2.24) is 4.90 Å². The van der Waals surface area contributed by atoms with Crippen LogP contribution < -0.4 is 0 Å². The summed E-state index contributed by atoms with van der Waals surface area (Å²) in [6.45, 7) is 11.0. The molecule has 0 spiro atoms. The predicted octanol–water partition coefficient (Wildman–Crippen LogP) is 3.05. The van der Waals surface area contributed by atoms with Crippen molar-refractivity contribution in [2.45, 2.75) is 51.0 Å². The van der Waals surface area contributed by atoms with Crippen molar-refractivity contribution in [1.29, 1.82) is 0 Å². The SMILES string of the molecule is CC(C)(C)[Si](C)(C)O[C@H]1CN(C(=O)O)C[C@H]1N=[N+]=[N-]. The predicted molar refractivity (Wildman–Crippen MR) is 74.6 cm³/mol. The first kappa shape index (κ1) is 15.8. The van der Waals surface area contributed by atoms with E-state index in [0.29, 0.717) is 0 Å². The smallest absolute Gasteiger partial charge is 0.407 e. The summed E-state index contributed by atoms with van der Waals surface area (Å²) in [5.74, 6) is 0. The molecule has 0 aromatic rings. The van der Waals surface area contributed by atoms with Crippen molar-refractivity contribution in [2.24, 2.45) is 5.11 Å². The molecule has 0 aromatic heterocycles.